The largest absolute Gasteiger partial charge is 0.327 e. The summed E-state index contributed by atoms with van der Waals surface area (Å²) in [5.74, 6) is -2.51. The van der Waals surface area contributed by atoms with Gasteiger partial charge in [-0.1, -0.05) is 6.92 Å². The van der Waals surface area contributed by atoms with E-state index >= 15 is 0 Å². The first-order valence-electron chi connectivity index (χ1n) is 4.80. The van der Waals surface area contributed by atoms with Crippen LogP contribution < -0.4 is 5.73 Å². The van der Waals surface area contributed by atoms with Crippen molar-refractivity contribution in [1.82, 2.24) is 0 Å². The summed E-state index contributed by atoms with van der Waals surface area (Å²) < 4.78 is 48.9. The average molecular weight is 249 g/mol. The maximum atomic E-state index is 12.9. The van der Waals surface area contributed by atoms with E-state index in [0.717, 1.165) is 12.1 Å². The van der Waals surface area contributed by atoms with Crippen molar-refractivity contribution in [2.24, 2.45) is 5.73 Å². The fourth-order valence-electron chi connectivity index (χ4n) is 1.17. The van der Waals surface area contributed by atoms with Crippen molar-refractivity contribution < 1.29 is 17.2 Å². The molecule has 0 spiro atoms. The van der Waals surface area contributed by atoms with E-state index in [2.05, 4.69) is 0 Å². The standard InChI is InChI=1S/C10H13F2NO2S/c1-2-7(13)6-16(14,15)8-3-4-9(11)10(12)5-8/h3-5,7H,2,6,13H2,1H3. The number of hydrogen-bond donors (Lipinski definition) is 1. The first-order valence-corrected chi connectivity index (χ1v) is 6.45. The Kier molecular flexibility index (Phi) is 3.98. The van der Waals surface area contributed by atoms with Crippen LogP contribution in [0.5, 0.6) is 0 Å². The molecule has 0 fully saturated rings. The zero-order chi connectivity index (χ0) is 12.3. The van der Waals surface area contributed by atoms with Gasteiger partial charge in [-0.25, -0.2) is 17.2 Å². The lowest BCUT2D eigenvalue weighted by Gasteiger charge is -2.09. The summed E-state index contributed by atoms with van der Waals surface area (Å²) in [6, 6.07) is 2.00. The minimum atomic E-state index is -3.64. The van der Waals surface area contributed by atoms with Gasteiger partial charge < -0.3 is 5.73 Å². The van der Waals surface area contributed by atoms with Gasteiger partial charge in [0.25, 0.3) is 0 Å². The van der Waals surface area contributed by atoms with Crippen LogP contribution in [0, 0.1) is 11.6 Å². The molecule has 90 valence electrons. The molecule has 0 aliphatic rings. The van der Waals surface area contributed by atoms with Crippen LogP contribution in [0.15, 0.2) is 23.1 Å². The lowest BCUT2D eigenvalue weighted by molar-refractivity contribution is 0.504. The van der Waals surface area contributed by atoms with Crippen molar-refractivity contribution in [3.05, 3.63) is 29.8 Å². The van der Waals surface area contributed by atoms with Crippen LogP contribution in [0.2, 0.25) is 0 Å². The van der Waals surface area contributed by atoms with E-state index < -0.39 is 27.5 Å². The van der Waals surface area contributed by atoms with E-state index in [-0.39, 0.29) is 10.6 Å². The minimum Gasteiger partial charge on any atom is -0.327 e. The highest BCUT2D eigenvalue weighted by Gasteiger charge is 2.19. The third kappa shape index (κ3) is 2.99. The Morgan fingerprint density at radius 1 is 1.31 bits per heavy atom. The van der Waals surface area contributed by atoms with Crippen molar-refractivity contribution in [2.75, 3.05) is 5.75 Å². The van der Waals surface area contributed by atoms with Crippen LogP contribution in [-0.2, 0) is 9.84 Å². The molecule has 6 heteroatoms. The van der Waals surface area contributed by atoms with Crippen LogP contribution in [0.4, 0.5) is 8.78 Å². The van der Waals surface area contributed by atoms with Gasteiger partial charge in [0.15, 0.2) is 21.5 Å². The summed E-state index contributed by atoms with van der Waals surface area (Å²) in [7, 11) is -3.64. The zero-order valence-corrected chi connectivity index (χ0v) is 9.60. The topological polar surface area (TPSA) is 60.2 Å². The second-order valence-corrected chi connectivity index (χ2v) is 5.56. The van der Waals surface area contributed by atoms with E-state index in [0.29, 0.717) is 12.5 Å². The van der Waals surface area contributed by atoms with Gasteiger partial charge in [0, 0.05) is 6.04 Å². The van der Waals surface area contributed by atoms with Gasteiger partial charge in [0.1, 0.15) is 0 Å². The Bertz CT molecular complexity index is 474. The molecule has 16 heavy (non-hydrogen) atoms. The van der Waals surface area contributed by atoms with Gasteiger partial charge in [-0.2, -0.15) is 0 Å². The predicted octanol–water partition coefficient (Wildman–Crippen LogP) is 1.48. The highest BCUT2D eigenvalue weighted by Crippen LogP contribution is 2.16. The van der Waals surface area contributed by atoms with Crippen molar-refractivity contribution in [2.45, 2.75) is 24.3 Å². The minimum absolute atomic E-state index is 0.240. The molecule has 1 rings (SSSR count). The molecule has 2 N–H and O–H groups in total. The number of rotatable bonds is 4. The Morgan fingerprint density at radius 3 is 2.44 bits per heavy atom. The van der Waals surface area contributed by atoms with E-state index in [4.69, 9.17) is 5.73 Å². The Balaban J connectivity index is 3.03. The molecule has 3 nitrogen and oxygen atoms in total. The molecule has 1 atom stereocenters. The summed E-state index contributed by atoms with van der Waals surface area (Å²) in [5, 5.41) is 0. The van der Waals surface area contributed by atoms with E-state index in [1.807, 2.05) is 0 Å². The highest BCUT2D eigenvalue weighted by molar-refractivity contribution is 7.91. The summed E-state index contributed by atoms with van der Waals surface area (Å²) in [4.78, 5) is -0.240. The van der Waals surface area contributed by atoms with E-state index in [9.17, 15) is 17.2 Å². The van der Waals surface area contributed by atoms with Crippen molar-refractivity contribution in [3.8, 4) is 0 Å². The maximum Gasteiger partial charge on any atom is 0.180 e. The second kappa shape index (κ2) is 4.88. The third-order valence-corrected chi connectivity index (χ3v) is 4.05. The summed E-state index contributed by atoms with van der Waals surface area (Å²) in [6.07, 6.45) is 0.503. The molecule has 0 saturated carbocycles. The number of nitrogens with two attached hydrogens (primary N) is 1. The molecule has 0 amide bonds. The van der Waals surface area contributed by atoms with Gasteiger partial charge in [-0.15, -0.1) is 0 Å². The quantitative estimate of drug-likeness (QED) is 0.822. The Hall–Kier alpha value is -1.01. The molecule has 1 unspecified atom stereocenters. The molecule has 1 aromatic carbocycles. The number of hydrogen-bond acceptors (Lipinski definition) is 3. The van der Waals surface area contributed by atoms with Crippen molar-refractivity contribution in [3.63, 3.8) is 0 Å². The Morgan fingerprint density at radius 2 is 1.94 bits per heavy atom. The van der Waals surface area contributed by atoms with Crippen LogP contribution in [0.1, 0.15) is 13.3 Å². The second-order valence-electron chi connectivity index (χ2n) is 3.53. The smallest absolute Gasteiger partial charge is 0.180 e. The summed E-state index contributed by atoms with van der Waals surface area (Å²) >= 11 is 0. The van der Waals surface area contributed by atoms with E-state index in [1.165, 1.54) is 0 Å². The fourth-order valence-corrected chi connectivity index (χ4v) is 2.72. The number of halogens is 2. The van der Waals surface area contributed by atoms with Gasteiger partial charge in [0.05, 0.1) is 10.6 Å². The number of sulfone groups is 1. The molecule has 0 bridgehead atoms. The van der Waals surface area contributed by atoms with Gasteiger partial charge in [-0.3, -0.25) is 0 Å². The molecule has 0 aromatic heterocycles. The summed E-state index contributed by atoms with van der Waals surface area (Å²) in [6.45, 7) is 1.76. The lowest BCUT2D eigenvalue weighted by atomic mass is 10.3. The van der Waals surface area contributed by atoms with Crippen molar-refractivity contribution in [1.29, 1.82) is 0 Å². The predicted molar refractivity (Wildman–Crippen MR) is 56.7 cm³/mol. The van der Waals surface area contributed by atoms with Crippen LogP contribution >= 0.6 is 0 Å². The maximum absolute atomic E-state index is 12.9. The fraction of sp³-hybridized carbons (Fsp3) is 0.400. The van der Waals surface area contributed by atoms with Crippen LogP contribution in [0.3, 0.4) is 0 Å². The van der Waals surface area contributed by atoms with Gasteiger partial charge in [-0.05, 0) is 24.6 Å². The SMILES string of the molecule is CCC(N)CS(=O)(=O)c1ccc(F)c(F)c1. The molecular weight excluding hydrogens is 236 g/mol. The first kappa shape index (κ1) is 13.1. The normalized spacial score (nSPS) is 13.8. The molecule has 1 aromatic rings. The van der Waals surface area contributed by atoms with Crippen LogP contribution in [0.25, 0.3) is 0 Å². The Labute approximate surface area is 93.2 Å². The average Bonchev–Trinajstić information content (AvgIpc) is 2.21. The molecule has 0 aliphatic carbocycles. The van der Waals surface area contributed by atoms with Crippen LogP contribution in [-0.4, -0.2) is 20.2 Å². The lowest BCUT2D eigenvalue weighted by Crippen LogP contribution is -2.28. The van der Waals surface area contributed by atoms with Gasteiger partial charge in [0.2, 0.25) is 0 Å². The zero-order valence-electron chi connectivity index (χ0n) is 8.78. The monoisotopic (exact) mass is 249 g/mol. The van der Waals surface area contributed by atoms with E-state index in [1.54, 1.807) is 6.92 Å². The number of benzene rings is 1. The summed E-state index contributed by atoms with van der Waals surface area (Å²) in [5.41, 5.74) is 5.52. The molecule has 0 aliphatic heterocycles. The molecule has 0 heterocycles. The molecular formula is C10H13F2NO2S. The first-order chi connectivity index (χ1) is 7.36. The van der Waals surface area contributed by atoms with Crippen molar-refractivity contribution >= 4 is 9.84 Å². The molecule has 0 radical (unpaired) electrons. The third-order valence-electron chi connectivity index (χ3n) is 2.21. The highest BCUT2D eigenvalue weighted by atomic mass is 32.2. The van der Waals surface area contributed by atoms with Gasteiger partial charge >= 0.3 is 0 Å². The molecule has 0 saturated heterocycles.